The Balaban J connectivity index is 1.88. The van der Waals surface area contributed by atoms with Gasteiger partial charge in [-0.1, -0.05) is 66.9 Å². The van der Waals surface area contributed by atoms with Gasteiger partial charge in [-0.15, -0.1) is 0 Å². The quantitative estimate of drug-likeness (QED) is 0.315. The molecule has 1 amide bonds. The van der Waals surface area contributed by atoms with Crippen molar-refractivity contribution in [1.29, 1.82) is 0 Å². The standard InChI is InChI=1S/C22H19N3O2S3/c1-3-11-25-21(27)17(30-22(25)28)13-16-19(29-15-9-5-4-6-10-15)23-18-14(2)8-7-12-24(18)20(16)26/h4-10,12-13H,3,11H2,1-2H3/b17-13-. The molecule has 8 heteroatoms. The summed E-state index contributed by atoms with van der Waals surface area (Å²) < 4.78 is 2.05. The average molecular weight is 454 g/mol. The maximum Gasteiger partial charge on any atom is 0.266 e. The number of rotatable bonds is 5. The van der Waals surface area contributed by atoms with Gasteiger partial charge < -0.3 is 0 Å². The molecule has 0 spiro atoms. The summed E-state index contributed by atoms with van der Waals surface area (Å²) >= 11 is 8.01. The smallest absolute Gasteiger partial charge is 0.266 e. The number of benzene rings is 1. The second kappa shape index (κ2) is 8.75. The molecule has 3 heterocycles. The number of pyridine rings is 1. The number of hydrogen-bond acceptors (Lipinski definition) is 6. The predicted octanol–water partition coefficient (Wildman–Crippen LogP) is 4.77. The molecule has 152 valence electrons. The van der Waals surface area contributed by atoms with E-state index in [1.54, 1.807) is 17.2 Å². The Morgan fingerprint density at radius 2 is 1.93 bits per heavy atom. The first-order valence-electron chi connectivity index (χ1n) is 9.50. The minimum Gasteiger partial charge on any atom is -0.293 e. The number of thioether (sulfide) groups is 1. The van der Waals surface area contributed by atoms with Gasteiger partial charge >= 0.3 is 0 Å². The summed E-state index contributed by atoms with van der Waals surface area (Å²) in [5, 5.41) is 0.571. The van der Waals surface area contributed by atoms with E-state index in [9.17, 15) is 9.59 Å². The number of nitrogens with zero attached hydrogens (tertiary/aromatic N) is 3. The van der Waals surface area contributed by atoms with E-state index in [0.29, 0.717) is 32.0 Å². The molecule has 2 aromatic heterocycles. The van der Waals surface area contributed by atoms with Crippen LogP contribution in [-0.2, 0) is 4.79 Å². The molecule has 4 rings (SSSR count). The van der Waals surface area contributed by atoms with E-state index in [1.807, 2.05) is 56.3 Å². The van der Waals surface area contributed by atoms with Gasteiger partial charge in [0.2, 0.25) is 0 Å². The number of aromatic nitrogens is 2. The summed E-state index contributed by atoms with van der Waals surface area (Å²) in [5.74, 6) is -0.156. The molecule has 30 heavy (non-hydrogen) atoms. The third kappa shape index (κ3) is 3.95. The molecule has 1 aromatic carbocycles. The predicted molar refractivity (Wildman–Crippen MR) is 127 cm³/mol. The normalized spacial score (nSPS) is 15.5. The van der Waals surface area contributed by atoms with E-state index >= 15 is 0 Å². The average Bonchev–Trinajstić information content (AvgIpc) is 3.00. The number of amides is 1. The van der Waals surface area contributed by atoms with E-state index in [4.69, 9.17) is 17.2 Å². The lowest BCUT2D eigenvalue weighted by Gasteiger charge is -2.12. The van der Waals surface area contributed by atoms with Crippen molar-refractivity contribution in [2.45, 2.75) is 30.2 Å². The van der Waals surface area contributed by atoms with Gasteiger partial charge in [0.05, 0.1) is 10.5 Å². The zero-order valence-electron chi connectivity index (χ0n) is 16.5. The number of thiocarbonyl (C=S) groups is 1. The highest BCUT2D eigenvalue weighted by Gasteiger charge is 2.32. The molecule has 5 nitrogen and oxygen atoms in total. The molecule has 0 saturated carbocycles. The third-order valence-corrected chi connectivity index (χ3v) is 6.99. The summed E-state index contributed by atoms with van der Waals surface area (Å²) in [6.45, 7) is 4.49. The Morgan fingerprint density at radius 3 is 2.67 bits per heavy atom. The molecule has 0 atom stereocenters. The number of aryl methyl sites for hydroxylation is 1. The Morgan fingerprint density at radius 1 is 1.17 bits per heavy atom. The van der Waals surface area contributed by atoms with Crippen LogP contribution < -0.4 is 5.56 Å². The van der Waals surface area contributed by atoms with Crippen LogP contribution in [0.2, 0.25) is 0 Å². The maximum absolute atomic E-state index is 13.4. The van der Waals surface area contributed by atoms with Crippen LogP contribution in [-0.4, -0.2) is 31.1 Å². The molecule has 0 aliphatic carbocycles. The minimum absolute atomic E-state index is 0.156. The van der Waals surface area contributed by atoms with Gasteiger partial charge in [-0.05, 0) is 43.2 Å². The lowest BCUT2D eigenvalue weighted by Crippen LogP contribution is -2.28. The van der Waals surface area contributed by atoms with Crippen LogP contribution in [0.1, 0.15) is 24.5 Å². The van der Waals surface area contributed by atoms with Gasteiger partial charge in [0.1, 0.15) is 15.0 Å². The van der Waals surface area contributed by atoms with Crippen molar-refractivity contribution >= 4 is 57.7 Å². The summed E-state index contributed by atoms with van der Waals surface area (Å²) in [6.07, 6.45) is 4.16. The van der Waals surface area contributed by atoms with E-state index in [1.165, 1.54) is 27.9 Å². The van der Waals surface area contributed by atoms with Crippen molar-refractivity contribution in [2.24, 2.45) is 0 Å². The fourth-order valence-corrected chi connectivity index (χ4v) is 5.34. The van der Waals surface area contributed by atoms with Crippen molar-refractivity contribution in [3.63, 3.8) is 0 Å². The van der Waals surface area contributed by atoms with Crippen molar-refractivity contribution < 1.29 is 4.79 Å². The molecular weight excluding hydrogens is 434 g/mol. The number of carbonyl (C=O) groups is 1. The Bertz CT molecular complexity index is 1240. The van der Waals surface area contributed by atoms with E-state index < -0.39 is 0 Å². The number of fused-ring (bicyclic) bond motifs is 1. The Kier molecular flexibility index (Phi) is 6.08. The molecular formula is C22H19N3O2S3. The molecule has 3 aromatic rings. The maximum atomic E-state index is 13.4. The molecule has 1 aliphatic heterocycles. The molecule has 0 radical (unpaired) electrons. The zero-order valence-corrected chi connectivity index (χ0v) is 18.9. The van der Waals surface area contributed by atoms with Crippen LogP contribution in [0.15, 0.2) is 68.3 Å². The van der Waals surface area contributed by atoms with Crippen molar-refractivity contribution in [3.05, 3.63) is 75.0 Å². The first-order valence-corrected chi connectivity index (χ1v) is 11.5. The first kappa shape index (κ1) is 20.8. The molecule has 0 N–H and O–H groups in total. The molecule has 1 aliphatic rings. The molecule has 0 unspecified atom stereocenters. The van der Waals surface area contributed by atoms with Gasteiger partial charge in [-0.25, -0.2) is 4.98 Å². The fourth-order valence-electron chi connectivity index (χ4n) is 3.14. The monoisotopic (exact) mass is 453 g/mol. The van der Waals surface area contributed by atoms with Gasteiger partial charge in [-0.2, -0.15) is 0 Å². The van der Waals surface area contributed by atoms with Crippen molar-refractivity contribution in [3.8, 4) is 0 Å². The first-order chi connectivity index (χ1) is 14.5. The van der Waals surface area contributed by atoms with Gasteiger partial charge in [-0.3, -0.25) is 18.9 Å². The number of hydrogen-bond donors (Lipinski definition) is 0. The van der Waals surface area contributed by atoms with Crippen molar-refractivity contribution in [1.82, 2.24) is 14.3 Å². The molecule has 1 saturated heterocycles. The topological polar surface area (TPSA) is 54.7 Å². The van der Waals surface area contributed by atoms with Crippen LogP contribution in [0.5, 0.6) is 0 Å². The summed E-state index contributed by atoms with van der Waals surface area (Å²) in [6, 6.07) is 13.5. The van der Waals surface area contributed by atoms with E-state index in [0.717, 1.165) is 16.9 Å². The van der Waals surface area contributed by atoms with E-state index in [-0.39, 0.29) is 11.5 Å². The Hall–Kier alpha value is -2.42. The highest BCUT2D eigenvalue weighted by molar-refractivity contribution is 8.26. The van der Waals surface area contributed by atoms with Crippen LogP contribution in [0.4, 0.5) is 0 Å². The van der Waals surface area contributed by atoms with E-state index in [2.05, 4.69) is 0 Å². The van der Waals surface area contributed by atoms with Crippen LogP contribution in [0, 0.1) is 6.92 Å². The van der Waals surface area contributed by atoms with Crippen LogP contribution >= 0.6 is 35.7 Å². The summed E-state index contributed by atoms with van der Waals surface area (Å²) in [7, 11) is 0. The van der Waals surface area contributed by atoms with Gasteiger partial charge in [0, 0.05) is 17.6 Å². The second-order valence-corrected chi connectivity index (χ2v) is 9.51. The highest BCUT2D eigenvalue weighted by atomic mass is 32.2. The van der Waals surface area contributed by atoms with Crippen LogP contribution in [0.3, 0.4) is 0 Å². The third-order valence-electron chi connectivity index (χ3n) is 4.60. The SMILES string of the molecule is CCCN1C(=O)/C(=C/c2c(Sc3ccccc3)nc3c(C)cccn3c2=O)SC1=S. The lowest BCUT2D eigenvalue weighted by atomic mass is 10.2. The van der Waals surface area contributed by atoms with Crippen LogP contribution in [0.25, 0.3) is 11.7 Å². The van der Waals surface area contributed by atoms with Gasteiger partial charge in [0.15, 0.2) is 0 Å². The van der Waals surface area contributed by atoms with Gasteiger partial charge in [0.25, 0.3) is 11.5 Å². The molecule has 0 bridgehead atoms. The highest BCUT2D eigenvalue weighted by Crippen LogP contribution is 2.35. The lowest BCUT2D eigenvalue weighted by molar-refractivity contribution is -0.122. The zero-order chi connectivity index (χ0) is 21.3. The molecule has 1 fully saturated rings. The largest absolute Gasteiger partial charge is 0.293 e. The van der Waals surface area contributed by atoms with Crippen molar-refractivity contribution in [2.75, 3.05) is 6.54 Å². The second-order valence-electron chi connectivity index (χ2n) is 6.77. The minimum atomic E-state index is -0.206. The Labute approximate surface area is 188 Å². The summed E-state index contributed by atoms with van der Waals surface area (Å²) in [4.78, 5) is 34.0. The summed E-state index contributed by atoms with van der Waals surface area (Å²) in [5.41, 5.74) is 1.70. The number of carbonyl (C=O) groups excluding carboxylic acids is 1. The fraction of sp³-hybridized carbons (Fsp3) is 0.182.